The van der Waals surface area contributed by atoms with Gasteiger partial charge in [-0.15, -0.1) is 4.72 Å². The number of hydrogen-bond donors (Lipinski definition) is 2. The summed E-state index contributed by atoms with van der Waals surface area (Å²) in [4.78, 5) is 0. The zero-order valence-electron chi connectivity index (χ0n) is 8.85. The Bertz CT molecular complexity index is 526. The van der Waals surface area contributed by atoms with E-state index in [1.807, 2.05) is 0 Å². The summed E-state index contributed by atoms with van der Waals surface area (Å²) in [6, 6.07) is 7.52. The van der Waals surface area contributed by atoms with Gasteiger partial charge in [-0.25, -0.2) is 8.42 Å². The maximum atomic E-state index is 11.9. The van der Waals surface area contributed by atoms with Gasteiger partial charge in [0.25, 0.3) is 0 Å². The first kappa shape index (κ1) is 14.5. The minimum absolute atomic E-state index is 0.215. The fourth-order valence-corrected chi connectivity index (χ4v) is 2.20. The Hall–Kier alpha value is -1.61. The molecule has 0 aromatic heterocycles. The zero-order valence-corrected chi connectivity index (χ0v) is 9.66. The van der Waals surface area contributed by atoms with Gasteiger partial charge in [0.15, 0.2) is 0 Å². The Morgan fingerprint density at radius 3 is 2.28 bits per heavy atom. The molecule has 2 N–H and O–H groups in total. The van der Waals surface area contributed by atoms with Crippen LogP contribution < -0.4 is 4.72 Å². The number of oxime groups is 1. The Balaban J connectivity index is 2.90. The molecule has 0 bridgehead atoms. The molecule has 1 rings (SSSR count). The highest BCUT2D eigenvalue weighted by atomic mass is 32.2. The van der Waals surface area contributed by atoms with Gasteiger partial charge in [0.2, 0.25) is 10.0 Å². The third-order valence-corrected chi connectivity index (χ3v) is 3.02. The number of nitrogens with one attached hydrogen (secondary N) is 1. The summed E-state index contributed by atoms with van der Waals surface area (Å²) < 4.78 is 58.6. The van der Waals surface area contributed by atoms with Crippen molar-refractivity contribution in [3.8, 4) is 0 Å². The normalized spacial score (nSPS) is 13.6. The van der Waals surface area contributed by atoms with Crippen LogP contribution in [-0.4, -0.2) is 31.4 Å². The van der Waals surface area contributed by atoms with E-state index in [2.05, 4.69) is 5.16 Å². The molecule has 0 aliphatic heterocycles. The van der Waals surface area contributed by atoms with Gasteiger partial charge in [-0.3, -0.25) is 0 Å². The SMILES string of the molecule is O=S(=O)(C/C(=N/O)c1ccccc1)NC(F)(F)F. The fourth-order valence-electron chi connectivity index (χ4n) is 1.19. The van der Waals surface area contributed by atoms with Crippen molar-refractivity contribution >= 4 is 15.7 Å². The molecule has 0 atom stereocenters. The second kappa shape index (κ2) is 5.36. The van der Waals surface area contributed by atoms with Crippen molar-refractivity contribution in [3.63, 3.8) is 0 Å². The summed E-state index contributed by atoms with van der Waals surface area (Å²) in [7, 11) is -4.66. The average molecular weight is 282 g/mol. The molecule has 0 amide bonds. The molecule has 0 saturated carbocycles. The maximum absolute atomic E-state index is 11.9. The summed E-state index contributed by atoms with van der Waals surface area (Å²) in [5, 5.41) is 11.4. The zero-order chi connectivity index (χ0) is 13.8. The van der Waals surface area contributed by atoms with Crippen molar-refractivity contribution in [3.05, 3.63) is 35.9 Å². The van der Waals surface area contributed by atoms with E-state index in [1.54, 1.807) is 6.07 Å². The van der Waals surface area contributed by atoms with Crippen molar-refractivity contribution in [1.82, 2.24) is 4.72 Å². The number of nitrogens with zero attached hydrogens (tertiary/aromatic N) is 1. The molecule has 0 radical (unpaired) electrons. The van der Waals surface area contributed by atoms with E-state index in [4.69, 9.17) is 5.21 Å². The van der Waals surface area contributed by atoms with Crippen molar-refractivity contribution in [1.29, 1.82) is 0 Å². The van der Waals surface area contributed by atoms with E-state index in [9.17, 15) is 21.6 Å². The van der Waals surface area contributed by atoms with Crippen LogP contribution >= 0.6 is 0 Å². The highest BCUT2D eigenvalue weighted by Gasteiger charge is 2.34. The van der Waals surface area contributed by atoms with Gasteiger partial charge in [0, 0.05) is 5.56 Å². The van der Waals surface area contributed by atoms with Gasteiger partial charge >= 0.3 is 6.30 Å². The van der Waals surface area contributed by atoms with Gasteiger partial charge in [-0.1, -0.05) is 35.5 Å². The van der Waals surface area contributed by atoms with Gasteiger partial charge in [-0.05, 0) is 0 Å². The quantitative estimate of drug-likeness (QED) is 0.378. The van der Waals surface area contributed by atoms with Crippen LogP contribution in [0.15, 0.2) is 35.5 Å². The summed E-state index contributed by atoms with van der Waals surface area (Å²) >= 11 is 0. The lowest BCUT2D eigenvalue weighted by Gasteiger charge is -2.10. The number of halogens is 3. The van der Waals surface area contributed by atoms with E-state index in [0.29, 0.717) is 4.72 Å². The van der Waals surface area contributed by atoms with E-state index < -0.39 is 22.1 Å². The van der Waals surface area contributed by atoms with E-state index in [1.165, 1.54) is 24.3 Å². The number of benzene rings is 1. The Morgan fingerprint density at radius 1 is 1.28 bits per heavy atom. The van der Waals surface area contributed by atoms with Crippen LogP contribution in [0.5, 0.6) is 0 Å². The smallest absolute Gasteiger partial charge is 0.411 e. The fraction of sp³-hybridized carbons (Fsp3) is 0.222. The monoisotopic (exact) mass is 282 g/mol. The second-order valence-electron chi connectivity index (χ2n) is 3.27. The molecule has 0 saturated heterocycles. The molecule has 1 aromatic rings. The molecule has 0 spiro atoms. The van der Waals surface area contributed by atoms with Crippen LogP contribution in [0.4, 0.5) is 13.2 Å². The van der Waals surface area contributed by atoms with Gasteiger partial charge in [0.05, 0.1) is 0 Å². The van der Waals surface area contributed by atoms with Gasteiger partial charge in [0.1, 0.15) is 11.5 Å². The van der Waals surface area contributed by atoms with Gasteiger partial charge < -0.3 is 5.21 Å². The van der Waals surface area contributed by atoms with Crippen LogP contribution in [0.25, 0.3) is 0 Å². The molecule has 9 heteroatoms. The van der Waals surface area contributed by atoms with Crippen molar-refractivity contribution in [2.24, 2.45) is 5.16 Å². The maximum Gasteiger partial charge on any atom is 0.470 e. The topological polar surface area (TPSA) is 78.8 Å². The molecular weight excluding hydrogens is 273 g/mol. The molecule has 0 fully saturated rings. The van der Waals surface area contributed by atoms with Crippen LogP contribution in [0.3, 0.4) is 0 Å². The summed E-state index contributed by atoms with van der Waals surface area (Å²) in [6.07, 6.45) is -5.06. The standard InChI is InChI=1S/C9H9F3N2O3S/c10-9(11,12)14-18(16,17)6-8(13-15)7-4-2-1-3-5-7/h1-5,14-15H,6H2/b13-8-. The lowest BCUT2D eigenvalue weighted by Crippen LogP contribution is -2.40. The summed E-state index contributed by atoms with van der Waals surface area (Å²) in [5.41, 5.74) is -0.167. The molecule has 1 aromatic carbocycles. The first-order valence-electron chi connectivity index (χ1n) is 4.58. The lowest BCUT2D eigenvalue weighted by atomic mass is 10.1. The van der Waals surface area contributed by atoms with E-state index >= 15 is 0 Å². The predicted octanol–water partition coefficient (Wildman–Crippen LogP) is 1.30. The average Bonchev–Trinajstić information content (AvgIpc) is 2.24. The third kappa shape index (κ3) is 4.72. The molecule has 5 nitrogen and oxygen atoms in total. The van der Waals surface area contributed by atoms with Crippen molar-refractivity contribution < 1.29 is 26.8 Å². The van der Waals surface area contributed by atoms with Crippen LogP contribution in [-0.2, 0) is 10.0 Å². The molecule has 0 unspecified atom stereocenters. The predicted molar refractivity (Wildman–Crippen MR) is 57.7 cm³/mol. The molecule has 100 valence electrons. The second-order valence-corrected chi connectivity index (χ2v) is 4.99. The molecule has 0 heterocycles. The number of hydrogen-bond acceptors (Lipinski definition) is 4. The van der Waals surface area contributed by atoms with Crippen LogP contribution in [0, 0.1) is 0 Å². The van der Waals surface area contributed by atoms with Crippen LogP contribution in [0.2, 0.25) is 0 Å². The molecular formula is C9H9F3N2O3S. The lowest BCUT2D eigenvalue weighted by molar-refractivity contribution is -0.138. The first-order chi connectivity index (χ1) is 8.23. The highest BCUT2D eigenvalue weighted by molar-refractivity contribution is 7.90. The largest absolute Gasteiger partial charge is 0.470 e. The third-order valence-electron chi connectivity index (χ3n) is 1.83. The van der Waals surface area contributed by atoms with Crippen LogP contribution in [0.1, 0.15) is 5.56 Å². The summed E-state index contributed by atoms with van der Waals surface area (Å²) in [5.74, 6) is -1.08. The van der Waals surface area contributed by atoms with Crippen molar-refractivity contribution in [2.75, 3.05) is 5.75 Å². The molecule has 0 aliphatic rings. The van der Waals surface area contributed by atoms with Gasteiger partial charge in [-0.2, -0.15) is 13.2 Å². The van der Waals surface area contributed by atoms with Crippen molar-refractivity contribution in [2.45, 2.75) is 6.30 Å². The van der Waals surface area contributed by atoms with E-state index in [0.717, 1.165) is 0 Å². The Morgan fingerprint density at radius 2 is 1.83 bits per heavy atom. The van der Waals surface area contributed by atoms with E-state index in [-0.39, 0.29) is 11.3 Å². The minimum atomic E-state index is -5.06. The number of alkyl halides is 3. The first-order valence-corrected chi connectivity index (χ1v) is 6.23. The number of sulfonamides is 1. The Kier molecular flexibility index (Phi) is 4.30. The Labute approximate surface area is 101 Å². The summed E-state index contributed by atoms with van der Waals surface area (Å²) in [6.45, 7) is 0. The highest BCUT2D eigenvalue weighted by Crippen LogP contribution is 2.12. The minimum Gasteiger partial charge on any atom is -0.411 e. The number of rotatable bonds is 4. The molecule has 18 heavy (non-hydrogen) atoms. The molecule has 0 aliphatic carbocycles.